The summed E-state index contributed by atoms with van der Waals surface area (Å²) in [6, 6.07) is 18.1. The molecule has 0 saturated carbocycles. The van der Waals surface area contributed by atoms with Gasteiger partial charge in [0, 0.05) is 5.69 Å². The van der Waals surface area contributed by atoms with Gasteiger partial charge in [-0.1, -0.05) is 29.8 Å². The number of aromatic hydroxyl groups is 1. The molecule has 3 rings (SSSR count). The summed E-state index contributed by atoms with van der Waals surface area (Å²) in [5.41, 5.74) is 4.67. The topological polar surface area (TPSA) is 129 Å². The van der Waals surface area contributed by atoms with E-state index in [1.165, 1.54) is 37.6 Å². The SMILES string of the molecule is COc1cc(C=NNC(=O)C(=O)Nc2ccccc2C(=O)Nc2ccc(C)cc2)ccc1O. The molecule has 0 bridgehead atoms. The second-order valence-corrected chi connectivity index (χ2v) is 6.95. The minimum absolute atomic E-state index is 0.0388. The summed E-state index contributed by atoms with van der Waals surface area (Å²) in [4.78, 5) is 37.1. The number of nitrogens with zero attached hydrogens (tertiary/aromatic N) is 1. The van der Waals surface area contributed by atoms with Crippen LogP contribution in [-0.4, -0.2) is 36.2 Å². The fourth-order valence-corrected chi connectivity index (χ4v) is 2.80. The van der Waals surface area contributed by atoms with Crippen molar-refractivity contribution in [1.82, 2.24) is 5.43 Å². The molecule has 4 N–H and O–H groups in total. The quantitative estimate of drug-likeness (QED) is 0.263. The van der Waals surface area contributed by atoms with Crippen LogP contribution in [0.5, 0.6) is 11.5 Å². The number of amides is 3. The van der Waals surface area contributed by atoms with E-state index < -0.39 is 17.7 Å². The highest BCUT2D eigenvalue weighted by atomic mass is 16.5. The van der Waals surface area contributed by atoms with Gasteiger partial charge in [0.1, 0.15) is 0 Å². The number of hydrogen-bond acceptors (Lipinski definition) is 6. The van der Waals surface area contributed by atoms with Gasteiger partial charge in [-0.3, -0.25) is 14.4 Å². The molecule has 0 unspecified atom stereocenters. The molecule has 0 aliphatic heterocycles. The third kappa shape index (κ3) is 6.17. The van der Waals surface area contributed by atoms with Crippen molar-refractivity contribution in [2.24, 2.45) is 5.10 Å². The fourth-order valence-electron chi connectivity index (χ4n) is 2.80. The summed E-state index contributed by atoms with van der Waals surface area (Å²) in [5.74, 6) is -2.25. The van der Waals surface area contributed by atoms with Crippen molar-refractivity contribution in [3.63, 3.8) is 0 Å². The first kappa shape index (κ1) is 23.0. The lowest BCUT2D eigenvalue weighted by molar-refractivity contribution is -0.136. The summed E-state index contributed by atoms with van der Waals surface area (Å²) in [7, 11) is 1.40. The van der Waals surface area contributed by atoms with Crippen LogP contribution < -0.4 is 20.8 Å². The van der Waals surface area contributed by atoms with Crippen LogP contribution in [0.15, 0.2) is 71.8 Å². The van der Waals surface area contributed by atoms with E-state index >= 15 is 0 Å². The summed E-state index contributed by atoms with van der Waals surface area (Å²) in [6.07, 6.45) is 1.29. The van der Waals surface area contributed by atoms with Crippen LogP contribution in [0.1, 0.15) is 21.5 Å². The predicted octanol–water partition coefficient (Wildman–Crippen LogP) is 3.05. The van der Waals surface area contributed by atoms with E-state index in [0.29, 0.717) is 11.3 Å². The number of phenols is 1. The van der Waals surface area contributed by atoms with Crippen LogP contribution in [0.4, 0.5) is 11.4 Å². The number of anilines is 2. The second-order valence-electron chi connectivity index (χ2n) is 6.95. The van der Waals surface area contributed by atoms with E-state index in [2.05, 4.69) is 21.2 Å². The maximum atomic E-state index is 12.7. The van der Waals surface area contributed by atoms with Gasteiger partial charge < -0.3 is 20.5 Å². The Morgan fingerprint density at radius 1 is 0.939 bits per heavy atom. The average molecular weight is 446 g/mol. The molecule has 168 valence electrons. The number of rotatable bonds is 6. The number of aryl methyl sites for hydroxylation is 1. The largest absolute Gasteiger partial charge is 0.504 e. The highest BCUT2D eigenvalue weighted by Gasteiger charge is 2.17. The van der Waals surface area contributed by atoms with E-state index in [9.17, 15) is 19.5 Å². The van der Waals surface area contributed by atoms with Gasteiger partial charge in [-0.2, -0.15) is 5.10 Å². The van der Waals surface area contributed by atoms with E-state index in [1.807, 2.05) is 19.1 Å². The Balaban J connectivity index is 1.63. The van der Waals surface area contributed by atoms with Crippen molar-refractivity contribution >= 4 is 35.3 Å². The number of carbonyl (C=O) groups excluding carboxylic acids is 3. The molecule has 9 heteroatoms. The zero-order valence-electron chi connectivity index (χ0n) is 18.0. The number of para-hydroxylation sites is 1. The van der Waals surface area contributed by atoms with Crippen LogP contribution in [0, 0.1) is 6.92 Å². The third-order valence-electron chi connectivity index (χ3n) is 4.52. The smallest absolute Gasteiger partial charge is 0.329 e. The minimum atomic E-state index is -1.02. The number of carbonyl (C=O) groups is 3. The highest BCUT2D eigenvalue weighted by Crippen LogP contribution is 2.25. The van der Waals surface area contributed by atoms with Crippen molar-refractivity contribution in [3.8, 4) is 11.5 Å². The van der Waals surface area contributed by atoms with Crippen molar-refractivity contribution in [3.05, 3.63) is 83.4 Å². The van der Waals surface area contributed by atoms with Gasteiger partial charge in [-0.05, 0) is 55.0 Å². The van der Waals surface area contributed by atoms with Gasteiger partial charge in [-0.15, -0.1) is 0 Å². The Hall–Kier alpha value is -4.66. The Kier molecular flexibility index (Phi) is 7.38. The minimum Gasteiger partial charge on any atom is -0.504 e. The number of methoxy groups -OCH3 is 1. The molecule has 0 atom stereocenters. The standard InChI is InChI=1S/C24H22N4O5/c1-15-7-10-17(11-8-15)26-22(30)18-5-3-4-6-19(18)27-23(31)24(32)28-25-14-16-9-12-20(29)21(13-16)33-2/h3-14,29H,1-2H3,(H,26,30)(H,27,31)(H,28,32). The Labute approximate surface area is 190 Å². The molecule has 0 aromatic heterocycles. The van der Waals surface area contributed by atoms with E-state index in [-0.39, 0.29) is 22.7 Å². The second kappa shape index (κ2) is 10.6. The normalized spacial score (nSPS) is 10.5. The zero-order chi connectivity index (χ0) is 23.8. The van der Waals surface area contributed by atoms with Crippen LogP contribution in [0.3, 0.4) is 0 Å². The number of ether oxygens (including phenoxy) is 1. The van der Waals surface area contributed by atoms with Crippen LogP contribution in [0.25, 0.3) is 0 Å². The zero-order valence-corrected chi connectivity index (χ0v) is 18.0. The molecule has 0 fully saturated rings. The molecule has 0 aliphatic carbocycles. The number of hydrazone groups is 1. The molecule has 0 saturated heterocycles. The van der Waals surface area contributed by atoms with Gasteiger partial charge in [0.25, 0.3) is 5.91 Å². The number of benzene rings is 3. The lowest BCUT2D eigenvalue weighted by Gasteiger charge is -2.11. The Morgan fingerprint density at radius 2 is 1.67 bits per heavy atom. The molecule has 0 spiro atoms. The lowest BCUT2D eigenvalue weighted by Crippen LogP contribution is -2.33. The maximum Gasteiger partial charge on any atom is 0.329 e. The predicted molar refractivity (Wildman–Crippen MR) is 125 cm³/mol. The first-order chi connectivity index (χ1) is 15.9. The maximum absolute atomic E-state index is 12.7. The fraction of sp³-hybridized carbons (Fsp3) is 0.0833. The highest BCUT2D eigenvalue weighted by molar-refractivity contribution is 6.40. The number of phenolic OH excluding ortho intramolecular Hbond substituents is 1. The van der Waals surface area contributed by atoms with Crippen LogP contribution in [0.2, 0.25) is 0 Å². The Morgan fingerprint density at radius 3 is 2.39 bits per heavy atom. The molecule has 0 radical (unpaired) electrons. The molecular formula is C24H22N4O5. The molecule has 33 heavy (non-hydrogen) atoms. The van der Waals surface area contributed by atoms with E-state index in [4.69, 9.17) is 4.74 Å². The van der Waals surface area contributed by atoms with Gasteiger partial charge in [0.05, 0.1) is 24.6 Å². The van der Waals surface area contributed by atoms with Gasteiger partial charge >= 0.3 is 11.8 Å². The molecule has 3 aromatic rings. The van der Waals surface area contributed by atoms with Gasteiger partial charge in [0.2, 0.25) is 0 Å². The van der Waals surface area contributed by atoms with Gasteiger partial charge in [-0.25, -0.2) is 5.43 Å². The molecule has 9 nitrogen and oxygen atoms in total. The third-order valence-corrected chi connectivity index (χ3v) is 4.52. The van der Waals surface area contributed by atoms with Crippen molar-refractivity contribution in [1.29, 1.82) is 0 Å². The Bertz CT molecular complexity index is 1210. The molecule has 0 aliphatic rings. The monoisotopic (exact) mass is 446 g/mol. The van der Waals surface area contributed by atoms with Crippen LogP contribution in [-0.2, 0) is 9.59 Å². The summed E-state index contributed by atoms with van der Waals surface area (Å²) in [5, 5.41) is 18.5. The van der Waals surface area contributed by atoms with Crippen molar-refractivity contribution in [2.45, 2.75) is 6.92 Å². The summed E-state index contributed by atoms with van der Waals surface area (Å²) < 4.78 is 5.00. The van der Waals surface area contributed by atoms with Gasteiger partial charge in [0.15, 0.2) is 11.5 Å². The average Bonchev–Trinajstić information content (AvgIpc) is 2.81. The molecule has 0 heterocycles. The molecule has 3 aromatic carbocycles. The van der Waals surface area contributed by atoms with E-state index in [1.54, 1.807) is 30.3 Å². The van der Waals surface area contributed by atoms with Crippen LogP contribution >= 0.6 is 0 Å². The number of hydrogen-bond donors (Lipinski definition) is 4. The first-order valence-electron chi connectivity index (χ1n) is 9.86. The first-order valence-corrected chi connectivity index (χ1v) is 9.86. The summed E-state index contributed by atoms with van der Waals surface area (Å²) in [6.45, 7) is 1.94. The molecular weight excluding hydrogens is 424 g/mol. The van der Waals surface area contributed by atoms with E-state index in [0.717, 1.165) is 5.56 Å². The van der Waals surface area contributed by atoms with Crippen molar-refractivity contribution < 1.29 is 24.2 Å². The lowest BCUT2D eigenvalue weighted by atomic mass is 10.1. The molecule has 3 amide bonds. The van der Waals surface area contributed by atoms with Crippen molar-refractivity contribution in [2.75, 3.05) is 17.7 Å². The number of nitrogens with one attached hydrogen (secondary N) is 3. The summed E-state index contributed by atoms with van der Waals surface area (Å²) >= 11 is 0.